The largest absolute Gasteiger partial charge is 0.496 e. The van der Waals surface area contributed by atoms with Gasteiger partial charge in [0.05, 0.1) is 20.8 Å². The van der Waals surface area contributed by atoms with Crippen molar-refractivity contribution in [2.45, 2.75) is 0 Å². The summed E-state index contributed by atoms with van der Waals surface area (Å²) in [6.45, 7) is 2.74. The second-order valence-electron chi connectivity index (χ2n) is 5.61. The summed E-state index contributed by atoms with van der Waals surface area (Å²) in [5.74, 6) is 1.33. The zero-order valence-electron chi connectivity index (χ0n) is 15.9. The Morgan fingerprint density at radius 2 is 1.52 bits per heavy atom. The van der Waals surface area contributed by atoms with Crippen LogP contribution in [0.2, 0.25) is 0 Å². The third-order valence-corrected chi connectivity index (χ3v) is 3.80. The zero-order chi connectivity index (χ0) is 19.5. The number of amides is 1. The number of methoxy groups -OCH3 is 3. The van der Waals surface area contributed by atoms with Gasteiger partial charge in [0.25, 0.3) is 5.91 Å². The van der Waals surface area contributed by atoms with Crippen molar-refractivity contribution >= 4 is 11.6 Å². The number of hydrogen-bond acceptors (Lipinski definition) is 6. The summed E-state index contributed by atoms with van der Waals surface area (Å²) >= 11 is 0. The molecule has 2 aromatic rings. The number of carbonyl (C=O) groups is 1. The zero-order valence-corrected chi connectivity index (χ0v) is 15.9. The molecule has 0 aromatic heterocycles. The smallest absolute Gasteiger partial charge is 0.263 e. The van der Waals surface area contributed by atoms with Gasteiger partial charge >= 0.3 is 0 Å². The van der Waals surface area contributed by atoms with Crippen LogP contribution in [0.1, 0.15) is 10.4 Å². The van der Waals surface area contributed by atoms with Crippen molar-refractivity contribution in [2.24, 2.45) is 0 Å². The van der Waals surface area contributed by atoms with Crippen molar-refractivity contribution in [1.29, 1.82) is 0 Å². The first-order chi connectivity index (χ1) is 13.2. The Bertz CT molecular complexity index is 697. The van der Waals surface area contributed by atoms with E-state index in [9.17, 15) is 4.79 Å². The van der Waals surface area contributed by atoms with Crippen LogP contribution in [-0.2, 0) is 4.74 Å². The van der Waals surface area contributed by atoms with Gasteiger partial charge in [0, 0.05) is 25.9 Å². The van der Waals surface area contributed by atoms with Gasteiger partial charge in [-0.3, -0.25) is 4.79 Å². The van der Waals surface area contributed by atoms with E-state index in [2.05, 4.69) is 10.6 Å². The van der Waals surface area contributed by atoms with Crippen molar-refractivity contribution in [3.63, 3.8) is 0 Å². The molecule has 0 saturated carbocycles. The Kier molecular flexibility index (Phi) is 8.41. The number of rotatable bonds is 11. The molecular formula is C20H26N2O5. The van der Waals surface area contributed by atoms with Crippen molar-refractivity contribution in [1.82, 2.24) is 5.32 Å². The van der Waals surface area contributed by atoms with Crippen molar-refractivity contribution in [2.75, 3.05) is 52.9 Å². The fourth-order valence-corrected chi connectivity index (χ4v) is 2.44. The van der Waals surface area contributed by atoms with E-state index in [0.29, 0.717) is 36.0 Å². The summed E-state index contributed by atoms with van der Waals surface area (Å²) in [5.41, 5.74) is 1.00. The molecule has 1 amide bonds. The van der Waals surface area contributed by atoms with Crippen molar-refractivity contribution < 1.29 is 23.7 Å². The average molecular weight is 374 g/mol. The molecule has 7 heteroatoms. The van der Waals surface area contributed by atoms with Crippen LogP contribution in [0.4, 0.5) is 5.69 Å². The third kappa shape index (κ3) is 6.16. The van der Waals surface area contributed by atoms with E-state index in [0.717, 1.165) is 18.8 Å². The Balaban J connectivity index is 1.92. The number of hydrogen-bond donors (Lipinski definition) is 2. The second-order valence-corrected chi connectivity index (χ2v) is 5.61. The number of carbonyl (C=O) groups excluding carboxylic acids is 1. The van der Waals surface area contributed by atoms with Crippen LogP contribution < -0.4 is 24.8 Å². The van der Waals surface area contributed by atoms with Gasteiger partial charge in [-0.25, -0.2) is 0 Å². The molecule has 0 aliphatic rings. The molecule has 7 nitrogen and oxygen atoms in total. The molecular weight excluding hydrogens is 348 g/mol. The lowest BCUT2D eigenvalue weighted by molar-refractivity contribution is 0.102. The molecule has 0 aliphatic carbocycles. The predicted molar refractivity (Wildman–Crippen MR) is 104 cm³/mol. The standard InChI is InChI=1S/C20H26N2O5/c1-24-13-11-21-12-14-27-16-9-7-15(8-10-16)22-20(23)19-17(25-2)5-4-6-18(19)26-3/h4-10,21H,11-14H2,1-3H3,(H,22,23). The highest BCUT2D eigenvalue weighted by Crippen LogP contribution is 2.29. The number of ether oxygens (including phenoxy) is 4. The highest BCUT2D eigenvalue weighted by atomic mass is 16.5. The van der Waals surface area contributed by atoms with E-state index in [1.807, 2.05) is 12.1 Å². The maximum absolute atomic E-state index is 12.6. The molecule has 0 radical (unpaired) electrons. The van der Waals surface area contributed by atoms with Gasteiger partial charge in [-0.05, 0) is 36.4 Å². The van der Waals surface area contributed by atoms with E-state index >= 15 is 0 Å². The summed E-state index contributed by atoms with van der Waals surface area (Å²) in [6.07, 6.45) is 0. The Labute approximate surface area is 159 Å². The Morgan fingerprint density at radius 3 is 2.11 bits per heavy atom. The molecule has 0 unspecified atom stereocenters. The molecule has 0 saturated heterocycles. The topological polar surface area (TPSA) is 78.0 Å². The van der Waals surface area contributed by atoms with Gasteiger partial charge in [-0.15, -0.1) is 0 Å². The van der Waals surface area contributed by atoms with Gasteiger partial charge in [-0.2, -0.15) is 0 Å². The van der Waals surface area contributed by atoms with Gasteiger partial charge < -0.3 is 29.6 Å². The lowest BCUT2D eigenvalue weighted by atomic mass is 10.1. The fourth-order valence-electron chi connectivity index (χ4n) is 2.44. The Hall–Kier alpha value is -2.77. The first kappa shape index (κ1) is 20.5. The fraction of sp³-hybridized carbons (Fsp3) is 0.350. The molecule has 0 atom stereocenters. The minimum absolute atomic E-state index is 0.305. The van der Waals surface area contributed by atoms with Crippen LogP contribution in [-0.4, -0.2) is 53.5 Å². The number of nitrogens with one attached hydrogen (secondary N) is 2. The Morgan fingerprint density at radius 1 is 0.889 bits per heavy atom. The van der Waals surface area contributed by atoms with Crippen LogP contribution >= 0.6 is 0 Å². The van der Waals surface area contributed by atoms with Gasteiger partial charge in [0.2, 0.25) is 0 Å². The maximum atomic E-state index is 12.6. The first-order valence-electron chi connectivity index (χ1n) is 8.64. The minimum Gasteiger partial charge on any atom is -0.496 e. The lowest BCUT2D eigenvalue weighted by Crippen LogP contribution is -2.24. The molecule has 0 bridgehead atoms. The van der Waals surface area contributed by atoms with Gasteiger partial charge in [0.15, 0.2) is 0 Å². The summed E-state index contributed by atoms with van der Waals surface area (Å²) in [4.78, 5) is 12.6. The predicted octanol–water partition coefficient (Wildman–Crippen LogP) is 2.57. The van der Waals surface area contributed by atoms with Gasteiger partial charge in [-0.1, -0.05) is 6.07 Å². The number of anilines is 1. The van der Waals surface area contributed by atoms with E-state index < -0.39 is 0 Å². The van der Waals surface area contributed by atoms with E-state index in [-0.39, 0.29) is 5.91 Å². The van der Waals surface area contributed by atoms with Crippen LogP contribution in [0.15, 0.2) is 42.5 Å². The van der Waals surface area contributed by atoms with Crippen molar-refractivity contribution in [3.05, 3.63) is 48.0 Å². The normalized spacial score (nSPS) is 10.3. The molecule has 0 heterocycles. The molecule has 2 aromatic carbocycles. The molecule has 0 fully saturated rings. The minimum atomic E-state index is -0.305. The molecule has 0 aliphatic heterocycles. The molecule has 2 rings (SSSR count). The van der Waals surface area contributed by atoms with E-state index in [1.165, 1.54) is 14.2 Å². The molecule has 0 spiro atoms. The average Bonchev–Trinajstić information content (AvgIpc) is 2.71. The molecule has 2 N–H and O–H groups in total. The van der Waals surface area contributed by atoms with Crippen LogP contribution in [0.25, 0.3) is 0 Å². The van der Waals surface area contributed by atoms with Crippen molar-refractivity contribution in [3.8, 4) is 17.2 Å². The van der Waals surface area contributed by atoms with Crippen LogP contribution in [0.5, 0.6) is 17.2 Å². The summed E-state index contributed by atoms with van der Waals surface area (Å²) in [6, 6.07) is 12.4. The first-order valence-corrected chi connectivity index (χ1v) is 8.64. The summed E-state index contributed by atoms with van der Waals surface area (Å²) < 4.78 is 21.1. The summed E-state index contributed by atoms with van der Waals surface area (Å²) in [7, 11) is 4.70. The van der Waals surface area contributed by atoms with Crippen LogP contribution in [0.3, 0.4) is 0 Å². The van der Waals surface area contributed by atoms with E-state index in [1.54, 1.807) is 37.4 Å². The maximum Gasteiger partial charge on any atom is 0.263 e. The molecule has 146 valence electrons. The van der Waals surface area contributed by atoms with Gasteiger partial charge in [0.1, 0.15) is 29.4 Å². The lowest BCUT2D eigenvalue weighted by Gasteiger charge is -2.13. The van der Waals surface area contributed by atoms with Crippen LogP contribution in [0, 0.1) is 0 Å². The SMILES string of the molecule is COCCNCCOc1ccc(NC(=O)c2c(OC)cccc2OC)cc1. The second kappa shape index (κ2) is 11.1. The number of benzene rings is 2. The highest BCUT2D eigenvalue weighted by Gasteiger charge is 2.18. The van der Waals surface area contributed by atoms with E-state index in [4.69, 9.17) is 18.9 Å². The highest BCUT2D eigenvalue weighted by molar-refractivity contribution is 6.08. The summed E-state index contributed by atoms with van der Waals surface area (Å²) in [5, 5.41) is 6.05. The molecule has 27 heavy (non-hydrogen) atoms. The quantitative estimate of drug-likeness (QED) is 0.589. The monoisotopic (exact) mass is 374 g/mol. The third-order valence-electron chi connectivity index (χ3n) is 3.80.